The van der Waals surface area contributed by atoms with Crippen molar-refractivity contribution in [3.63, 3.8) is 0 Å². The molecule has 0 saturated carbocycles. The Bertz CT molecular complexity index is 1880. The minimum Gasteiger partial charge on any atom is -0.330 e. The van der Waals surface area contributed by atoms with Crippen LogP contribution in [-0.2, 0) is 12.8 Å². The summed E-state index contributed by atoms with van der Waals surface area (Å²) in [6.07, 6.45) is 21.4. The Hall–Kier alpha value is -5.12. The van der Waals surface area contributed by atoms with Gasteiger partial charge in [0, 0.05) is 34.1 Å². The van der Waals surface area contributed by atoms with Gasteiger partial charge < -0.3 is 15.5 Å². The molecule has 0 aliphatic heterocycles. The lowest BCUT2D eigenvalue weighted by atomic mass is 9.92. The summed E-state index contributed by atoms with van der Waals surface area (Å²) < 4.78 is 0. The maximum atomic E-state index is 5.73. The molecule has 1 atom stereocenters. The molecule has 0 fully saturated rings. The molecule has 0 spiro atoms. The van der Waals surface area contributed by atoms with Crippen molar-refractivity contribution in [2.24, 2.45) is 11.7 Å². The first-order chi connectivity index (χ1) is 26.6. The molecule has 5 rings (SSSR count). The van der Waals surface area contributed by atoms with E-state index >= 15 is 0 Å². The summed E-state index contributed by atoms with van der Waals surface area (Å²) in [6, 6.07) is 46.8. The Labute approximate surface area is 326 Å². The van der Waals surface area contributed by atoms with Gasteiger partial charge in [-0.25, -0.2) is 0 Å². The van der Waals surface area contributed by atoms with Gasteiger partial charge in [0.1, 0.15) is 0 Å². The Morgan fingerprint density at radius 1 is 0.630 bits per heavy atom. The molecular weight excluding hydrogens is 655 g/mol. The van der Waals surface area contributed by atoms with Crippen LogP contribution in [0.2, 0.25) is 0 Å². The van der Waals surface area contributed by atoms with Crippen LogP contribution in [-0.4, -0.2) is 6.54 Å². The average molecular weight is 716 g/mol. The Balaban J connectivity index is 1.42. The molecule has 0 aliphatic carbocycles. The molecule has 3 heteroatoms. The van der Waals surface area contributed by atoms with E-state index in [9.17, 15) is 0 Å². The fourth-order valence-electron chi connectivity index (χ4n) is 7.10. The standard InChI is InChI=1S/C51H61N3/c1-5-9-12-20-46(17-7-3)53(49-33-25-43(26-34-49)40-41(8-4)18-10-6-2)50-35-27-44(28-36-50)45-29-37-51(38-30-45)54(47-21-13-11-14-22-47)48-31-23-42(24-32-48)19-15-16-39-52/h7,9,11-14,17,20-38,41H,5-6,8,10,15-16,18-19,39-40,52H2,1-4H3/b12-9?,17-7-,46-20+. The van der Waals surface area contributed by atoms with E-state index in [0.717, 1.165) is 78.7 Å². The number of para-hydroxylation sites is 1. The van der Waals surface area contributed by atoms with Gasteiger partial charge in [0.15, 0.2) is 0 Å². The maximum absolute atomic E-state index is 5.73. The van der Waals surface area contributed by atoms with Crippen LogP contribution >= 0.6 is 0 Å². The van der Waals surface area contributed by atoms with E-state index in [1.54, 1.807) is 0 Å². The van der Waals surface area contributed by atoms with Crippen LogP contribution < -0.4 is 15.5 Å². The van der Waals surface area contributed by atoms with Gasteiger partial charge in [-0.1, -0.05) is 131 Å². The highest BCUT2D eigenvalue weighted by Crippen LogP contribution is 2.37. The largest absolute Gasteiger partial charge is 0.330 e. The molecule has 0 aliphatic rings. The van der Waals surface area contributed by atoms with Crippen LogP contribution in [0.5, 0.6) is 0 Å². The van der Waals surface area contributed by atoms with Crippen molar-refractivity contribution < 1.29 is 0 Å². The molecule has 0 amide bonds. The zero-order chi connectivity index (χ0) is 38.0. The van der Waals surface area contributed by atoms with Gasteiger partial charge in [0.2, 0.25) is 0 Å². The SMILES string of the molecule is C/C=C\C(=C/C=CCC)N(c1ccc(CC(CC)CCCC)cc1)c1ccc(-c2ccc(N(c3ccccc3)c3ccc(CCCCN)cc3)cc2)cc1. The van der Waals surface area contributed by atoms with Gasteiger partial charge in [-0.3, -0.25) is 0 Å². The second kappa shape index (κ2) is 21.5. The van der Waals surface area contributed by atoms with E-state index in [-0.39, 0.29) is 0 Å². The highest BCUT2D eigenvalue weighted by Gasteiger charge is 2.16. The van der Waals surface area contributed by atoms with E-state index < -0.39 is 0 Å². The van der Waals surface area contributed by atoms with Crippen molar-refractivity contribution in [3.05, 3.63) is 175 Å². The minimum atomic E-state index is 0.746. The summed E-state index contributed by atoms with van der Waals surface area (Å²) in [5.74, 6) is 0.746. The van der Waals surface area contributed by atoms with Crippen LogP contribution in [0, 0.1) is 5.92 Å². The van der Waals surface area contributed by atoms with Crippen molar-refractivity contribution in [1.82, 2.24) is 0 Å². The van der Waals surface area contributed by atoms with Crippen molar-refractivity contribution in [1.29, 1.82) is 0 Å². The van der Waals surface area contributed by atoms with Crippen LogP contribution in [0.3, 0.4) is 0 Å². The molecule has 0 aromatic heterocycles. The second-order valence-corrected chi connectivity index (χ2v) is 14.2. The summed E-state index contributed by atoms with van der Waals surface area (Å²) >= 11 is 0. The summed E-state index contributed by atoms with van der Waals surface area (Å²) in [5.41, 5.74) is 17.7. The number of nitrogens with zero attached hydrogens (tertiary/aromatic N) is 2. The Morgan fingerprint density at radius 3 is 1.74 bits per heavy atom. The van der Waals surface area contributed by atoms with E-state index in [1.807, 2.05) is 0 Å². The van der Waals surface area contributed by atoms with Gasteiger partial charge in [-0.15, -0.1) is 0 Å². The molecule has 54 heavy (non-hydrogen) atoms. The molecule has 0 bridgehead atoms. The Kier molecular flexibility index (Phi) is 16.0. The predicted octanol–water partition coefficient (Wildman–Crippen LogP) is 14.4. The number of rotatable bonds is 20. The van der Waals surface area contributed by atoms with Crippen LogP contribution in [0.1, 0.15) is 83.8 Å². The molecule has 0 radical (unpaired) electrons. The average Bonchev–Trinajstić information content (AvgIpc) is 3.22. The van der Waals surface area contributed by atoms with E-state index in [2.05, 4.69) is 195 Å². The van der Waals surface area contributed by atoms with Crippen LogP contribution in [0.15, 0.2) is 163 Å². The molecule has 5 aromatic rings. The van der Waals surface area contributed by atoms with Crippen molar-refractivity contribution >= 4 is 28.4 Å². The minimum absolute atomic E-state index is 0.746. The molecule has 280 valence electrons. The van der Waals surface area contributed by atoms with E-state index in [1.165, 1.54) is 47.9 Å². The third kappa shape index (κ3) is 11.2. The smallest absolute Gasteiger partial charge is 0.0462 e. The normalized spacial score (nSPS) is 12.4. The predicted molar refractivity (Wildman–Crippen MR) is 236 cm³/mol. The lowest BCUT2D eigenvalue weighted by molar-refractivity contribution is 0.449. The summed E-state index contributed by atoms with van der Waals surface area (Å²) in [4.78, 5) is 4.70. The van der Waals surface area contributed by atoms with E-state index in [0.29, 0.717) is 0 Å². The number of aryl methyl sites for hydroxylation is 1. The quantitative estimate of drug-likeness (QED) is 0.0643. The molecule has 5 aromatic carbocycles. The highest BCUT2D eigenvalue weighted by atomic mass is 15.1. The number of hydrogen-bond donors (Lipinski definition) is 1. The molecule has 0 saturated heterocycles. The first-order valence-electron chi connectivity index (χ1n) is 20.3. The van der Waals surface area contributed by atoms with Crippen LogP contribution in [0.4, 0.5) is 28.4 Å². The fourth-order valence-corrected chi connectivity index (χ4v) is 7.10. The van der Waals surface area contributed by atoms with Crippen LogP contribution in [0.25, 0.3) is 11.1 Å². The lowest BCUT2D eigenvalue weighted by Gasteiger charge is -2.27. The first-order valence-corrected chi connectivity index (χ1v) is 20.3. The summed E-state index contributed by atoms with van der Waals surface area (Å²) in [6.45, 7) is 9.63. The van der Waals surface area contributed by atoms with Gasteiger partial charge in [0.05, 0.1) is 0 Å². The zero-order valence-electron chi connectivity index (χ0n) is 33.1. The maximum Gasteiger partial charge on any atom is 0.0462 e. The van der Waals surface area contributed by atoms with Gasteiger partial charge in [-0.05, 0) is 147 Å². The number of hydrogen-bond acceptors (Lipinski definition) is 3. The number of nitrogens with two attached hydrogens (primary N) is 1. The van der Waals surface area contributed by atoms with Crippen molar-refractivity contribution in [2.45, 2.75) is 85.5 Å². The topological polar surface area (TPSA) is 32.5 Å². The number of benzene rings is 5. The van der Waals surface area contributed by atoms with Crippen molar-refractivity contribution in [3.8, 4) is 11.1 Å². The molecular formula is C51H61N3. The monoisotopic (exact) mass is 715 g/mol. The summed E-state index contributed by atoms with van der Waals surface area (Å²) in [7, 11) is 0. The lowest BCUT2D eigenvalue weighted by Crippen LogP contribution is -2.15. The summed E-state index contributed by atoms with van der Waals surface area (Å²) in [5, 5.41) is 0. The third-order valence-corrected chi connectivity index (χ3v) is 10.2. The van der Waals surface area contributed by atoms with Gasteiger partial charge in [0.25, 0.3) is 0 Å². The van der Waals surface area contributed by atoms with E-state index in [4.69, 9.17) is 5.73 Å². The highest BCUT2D eigenvalue weighted by molar-refractivity contribution is 5.79. The number of unbranched alkanes of at least 4 members (excludes halogenated alkanes) is 2. The van der Waals surface area contributed by atoms with Gasteiger partial charge in [-0.2, -0.15) is 0 Å². The second-order valence-electron chi connectivity index (χ2n) is 14.2. The molecule has 1 unspecified atom stereocenters. The fraction of sp³-hybridized carbons (Fsp3) is 0.294. The number of allylic oxidation sites excluding steroid dienone is 5. The molecule has 3 nitrogen and oxygen atoms in total. The molecule has 2 N–H and O–H groups in total. The van der Waals surface area contributed by atoms with Gasteiger partial charge >= 0.3 is 0 Å². The first kappa shape index (κ1) is 40.1. The number of anilines is 5. The van der Waals surface area contributed by atoms with Crippen molar-refractivity contribution in [2.75, 3.05) is 16.3 Å². The Morgan fingerprint density at radius 2 is 1.19 bits per heavy atom. The zero-order valence-corrected chi connectivity index (χ0v) is 33.1. The third-order valence-electron chi connectivity index (χ3n) is 10.2. The molecule has 0 heterocycles.